The molecule has 1 aliphatic carbocycles. The van der Waals surface area contributed by atoms with E-state index in [9.17, 15) is 4.79 Å². The molecular weight excluding hydrogens is 200 g/mol. The van der Waals surface area contributed by atoms with Crippen LogP contribution in [0.3, 0.4) is 0 Å². The summed E-state index contributed by atoms with van der Waals surface area (Å²) < 4.78 is 0. The molecule has 2 fully saturated rings. The maximum Gasteiger partial charge on any atom is 0.227 e. The van der Waals surface area contributed by atoms with Gasteiger partial charge in [-0.25, -0.2) is 0 Å². The first kappa shape index (κ1) is 11.9. The Kier molecular flexibility index (Phi) is 3.24. The number of hydrogen-bond acceptors (Lipinski definition) is 2. The van der Waals surface area contributed by atoms with Crippen LogP contribution in [-0.4, -0.2) is 25.5 Å². The van der Waals surface area contributed by atoms with E-state index < -0.39 is 0 Å². The topological polar surface area (TPSA) is 41.1 Å². The average molecular weight is 224 g/mol. The van der Waals surface area contributed by atoms with Crippen molar-refractivity contribution < 1.29 is 4.79 Å². The molecule has 2 aliphatic rings. The lowest BCUT2D eigenvalue weighted by molar-refractivity contribution is -0.131. The Labute approximate surface area is 98.4 Å². The zero-order valence-electron chi connectivity index (χ0n) is 10.6. The Hall–Kier alpha value is -0.570. The summed E-state index contributed by atoms with van der Waals surface area (Å²) >= 11 is 0. The van der Waals surface area contributed by atoms with E-state index in [-0.39, 0.29) is 11.3 Å². The molecule has 0 aromatic rings. The Bertz CT molecular complexity index is 265. The van der Waals surface area contributed by atoms with Crippen LogP contribution < -0.4 is 10.6 Å². The van der Waals surface area contributed by atoms with Crippen molar-refractivity contribution in [1.29, 1.82) is 0 Å². The van der Waals surface area contributed by atoms with Crippen LogP contribution in [0.15, 0.2) is 0 Å². The van der Waals surface area contributed by atoms with Gasteiger partial charge in [0.2, 0.25) is 5.91 Å². The van der Waals surface area contributed by atoms with Gasteiger partial charge in [-0.1, -0.05) is 6.92 Å². The van der Waals surface area contributed by atoms with E-state index in [0.29, 0.717) is 5.41 Å². The molecule has 1 saturated heterocycles. The summed E-state index contributed by atoms with van der Waals surface area (Å²) in [6.45, 7) is 7.08. The van der Waals surface area contributed by atoms with Gasteiger partial charge in [-0.2, -0.15) is 0 Å². The van der Waals surface area contributed by atoms with Crippen LogP contribution in [0.25, 0.3) is 0 Å². The van der Waals surface area contributed by atoms with Crippen LogP contribution >= 0.6 is 0 Å². The average Bonchev–Trinajstić information content (AvgIpc) is 3.07. The van der Waals surface area contributed by atoms with Crippen molar-refractivity contribution >= 4 is 5.91 Å². The van der Waals surface area contributed by atoms with E-state index in [1.807, 2.05) is 0 Å². The molecule has 1 amide bonds. The van der Waals surface area contributed by atoms with Gasteiger partial charge in [-0.05, 0) is 51.0 Å². The summed E-state index contributed by atoms with van der Waals surface area (Å²) in [5.74, 6) is 0.249. The lowest BCUT2D eigenvalue weighted by Crippen LogP contribution is -2.49. The summed E-state index contributed by atoms with van der Waals surface area (Å²) in [7, 11) is 0. The Morgan fingerprint density at radius 1 is 1.38 bits per heavy atom. The minimum Gasteiger partial charge on any atom is -0.355 e. The fourth-order valence-corrected chi connectivity index (χ4v) is 2.56. The molecule has 1 aliphatic heterocycles. The Morgan fingerprint density at radius 2 is 2.12 bits per heavy atom. The first-order valence-corrected chi connectivity index (χ1v) is 6.59. The summed E-state index contributed by atoms with van der Waals surface area (Å²) in [5, 5.41) is 6.49. The maximum absolute atomic E-state index is 12.2. The van der Waals surface area contributed by atoms with E-state index in [1.165, 1.54) is 19.3 Å². The zero-order valence-corrected chi connectivity index (χ0v) is 10.6. The lowest BCUT2D eigenvalue weighted by atomic mass is 9.82. The van der Waals surface area contributed by atoms with Crippen LogP contribution in [0.2, 0.25) is 0 Å². The molecule has 0 radical (unpaired) electrons. The molecule has 1 heterocycles. The number of hydrogen-bond donors (Lipinski definition) is 2. The molecule has 1 unspecified atom stereocenters. The predicted molar refractivity (Wildman–Crippen MR) is 65.2 cm³/mol. The van der Waals surface area contributed by atoms with E-state index >= 15 is 0 Å². The Morgan fingerprint density at radius 3 is 2.62 bits per heavy atom. The van der Waals surface area contributed by atoms with Gasteiger partial charge in [-0.15, -0.1) is 0 Å². The van der Waals surface area contributed by atoms with Crippen LogP contribution in [0.4, 0.5) is 0 Å². The highest BCUT2D eigenvalue weighted by Gasteiger charge is 2.42. The fraction of sp³-hybridized carbons (Fsp3) is 0.923. The number of amides is 1. The van der Waals surface area contributed by atoms with Crippen LogP contribution in [0.1, 0.15) is 46.0 Å². The Balaban J connectivity index is 1.82. The van der Waals surface area contributed by atoms with E-state index in [1.54, 1.807) is 0 Å². The largest absolute Gasteiger partial charge is 0.355 e. The summed E-state index contributed by atoms with van der Waals surface area (Å²) in [6, 6.07) is 0. The number of carbonyl (C=O) groups is 1. The number of nitrogens with one attached hydrogen (secondary N) is 2. The quantitative estimate of drug-likeness (QED) is 0.763. The molecular formula is C13H24N2O. The van der Waals surface area contributed by atoms with Crippen molar-refractivity contribution in [3.8, 4) is 0 Å². The van der Waals surface area contributed by atoms with Crippen molar-refractivity contribution in [1.82, 2.24) is 10.6 Å². The molecule has 3 nitrogen and oxygen atoms in total. The molecule has 3 heteroatoms. The number of rotatable bonds is 4. The van der Waals surface area contributed by atoms with Crippen molar-refractivity contribution in [3.05, 3.63) is 0 Å². The summed E-state index contributed by atoms with van der Waals surface area (Å²) in [4.78, 5) is 12.2. The third-order valence-electron chi connectivity index (χ3n) is 4.48. The molecule has 1 atom stereocenters. The van der Waals surface area contributed by atoms with Gasteiger partial charge in [-0.3, -0.25) is 4.79 Å². The summed E-state index contributed by atoms with van der Waals surface area (Å²) in [6.07, 6.45) is 5.91. The molecule has 0 spiro atoms. The minimum absolute atomic E-state index is 0.179. The lowest BCUT2D eigenvalue weighted by Gasteiger charge is -2.33. The van der Waals surface area contributed by atoms with Gasteiger partial charge in [0, 0.05) is 13.1 Å². The van der Waals surface area contributed by atoms with Crippen molar-refractivity contribution in [2.24, 2.45) is 10.8 Å². The third kappa shape index (κ3) is 2.40. The highest BCUT2D eigenvalue weighted by Crippen LogP contribution is 2.48. The van der Waals surface area contributed by atoms with Gasteiger partial charge in [0.25, 0.3) is 0 Å². The van der Waals surface area contributed by atoms with E-state index in [4.69, 9.17) is 0 Å². The van der Waals surface area contributed by atoms with Gasteiger partial charge in [0.05, 0.1) is 5.41 Å². The molecule has 0 aromatic carbocycles. The number of piperidine rings is 1. The molecule has 16 heavy (non-hydrogen) atoms. The first-order chi connectivity index (χ1) is 7.60. The second-order valence-corrected chi connectivity index (χ2v) is 5.88. The van der Waals surface area contributed by atoms with Gasteiger partial charge in [0.1, 0.15) is 0 Å². The van der Waals surface area contributed by atoms with E-state index in [2.05, 4.69) is 24.5 Å². The predicted octanol–water partition coefficient (Wildman–Crippen LogP) is 1.68. The van der Waals surface area contributed by atoms with Crippen molar-refractivity contribution in [2.75, 3.05) is 19.6 Å². The highest BCUT2D eigenvalue weighted by atomic mass is 16.2. The SMILES string of the molecule is CCC1(CNC(=O)C2(C)CCCNC2)CC1. The fourth-order valence-electron chi connectivity index (χ4n) is 2.56. The van der Waals surface area contributed by atoms with Crippen LogP contribution in [0, 0.1) is 10.8 Å². The zero-order chi connectivity index (χ0) is 11.6. The second kappa shape index (κ2) is 4.36. The maximum atomic E-state index is 12.2. The van der Waals surface area contributed by atoms with Crippen molar-refractivity contribution in [2.45, 2.75) is 46.0 Å². The standard InChI is InChI=1S/C13H24N2O/c1-3-13(6-7-13)10-15-11(16)12(2)5-4-8-14-9-12/h14H,3-10H2,1-2H3,(H,15,16). The van der Waals surface area contributed by atoms with Crippen molar-refractivity contribution in [3.63, 3.8) is 0 Å². The first-order valence-electron chi connectivity index (χ1n) is 6.59. The molecule has 92 valence electrons. The van der Waals surface area contributed by atoms with Crippen LogP contribution in [0.5, 0.6) is 0 Å². The molecule has 2 rings (SSSR count). The van der Waals surface area contributed by atoms with Gasteiger partial charge < -0.3 is 10.6 Å². The third-order valence-corrected chi connectivity index (χ3v) is 4.48. The number of carbonyl (C=O) groups excluding carboxylic acids is 1. The van der Waals surface area contributed by atoms with Gasteiger partial charge >= 0.3 is 0 Å². The molecule has 0 bridgehead atoms. The smallest absolute Gasteiger partial charge is 0.227 e. The molecule has 2 N–H and O–H groups in total. The normalized spacial score (nSPS) is 32.1. The summed E-state index contributed by atoms with van der Waals surface area (Å²) in [5.41, 5.74) is 0.274. The monoisotopic (exact) mass is 224 g/mol. The molecule has 1 saturated carbocycles. The highest BCUT2D eigenvalue weighted by molar-refractivity contribution is 5.82. The van der Waals surface area contributed by atoms with Crippen LogP contribution in [-0.2, 0) is 4.79 Å². The molecule has 0 aromatic heterocycles. The van der Waals surface area contributed by atoms with E-state index in [0.717, 1.165) is 32.5 Å². The minimum atomic E-state index is -0.179. The second-order valence-electron chi connectivity index (χ2n) is 5.88. The van der Waals surface area contributed by atoms with Gasteiger partial charge in [0.15, 0.2) is 0 Å².